The monoisotopic (exact) mass is 500 g/mol. The van der Waals surface area contributed by atoms with Crippen molar-refractivity contribution in [3.05, 3.63) is 76.9 Å². The van der Waals surface area contributed by atoms with Gasteiger partial charge >= 0.3 is 0 Å². The van der Waals surface area contributed by atoms with Crippen molar-refractivity contribution in [1.29, 1.82) is 0 Å². The smallest absolute Gasteiger partial charge is 0.167 e. The number of benzene rings is 3. The zero-order chi connectivity index (χ0) is 26.5. The number of nitrogens with one attached hydrogen (secondary N) is 1. The lowest BCUT2D eigenvalue weighted by molar-refractivity contribution is -0.0248. The molecule has 3 N–H and O–H groups in total. The maximum Gasteiger partial charge on any atom is 0.167 e. The number of ether oxygens (including phenoxy) is 1. The van der Waals surface area contributed by atoms with Gasteiger partial charge in [-0.3, -0.25) is 4.84 Å². The standard InChI is InChI=1S/C29H32N4O4/c1-17-6-9-23(19(3)12-17)27-31-28(24-10-7-18(2)13-20(24)4)33-29(32-27)25-11-8-22(14-26(25)35)36-15-21(34)16-37-30-5/h6-14,21,30,34-35H,15-16H2,1-5H3. The number of phenolic OH excluding ortho intramolecular Hbond substituents is 1. The molecular formula is C29H32N4O4. The van der Waals surface area contributed by atoms with Gasteiger partial charge in [-0.1, -0.05) is 47.5 Å². The van der Waals surface area contributed by atoms with Gasteiger partial charge in [0.15, 0.2) is 17.5 Å². The van der Waals surface area contributed by atoms with Crippen molar-refractivity contribution in [2.75, 3.05) is 20.3 Å². The van der Waals surface area contributed by atoms with Crippen LogP contribution in [0.15, 0.2) is 54.6 Å². The SMILES string of the molecule is CNOCC(O)COc1ccc(-c2nc(-c3ccc(C)cc3C)nc(-c3ccc(C)cc3C)n2)c(O)c1. The Morgan fingerprint density at radius 2 is 1.24 bits per heavy atom. The molecule has 8 heteroatoms. The largest absolute Gasteiger partial charge is 0.507 e. The summed E-state index contributed by atoms with van der Waals surface area (Å²) in [5, 5.41) is 20.8. The van der Waals surface area contributed by atoms with Crippen molar-refractivity contribution in [2.45, 2.75) is 33.8 Å². The average molecular weight is 501 g/mol. The van der Waals surface area contributed by atoms with Gasteiger partial charge in [0, 0.05) is 24.2 Å². The number of hydrogen-bond acceptors (Lipinski definition) is 8. The Morgan fingerprint density at radius 3 is 1.73 bits per heavy atom. The maximum atomic E-state index is 10.9. The van der Waals surface area contributed by atoms with Crippen LogP contribution in [-0.4, -0.2) is 51.5 Å². The molecule has 1 unspecified atom stereocenters. The Kier molecular flexibility index (Phi) is 8.13. The molecule has 0 saturated carbocycles. The topological polar surface area (TPSA) is 110 Å². The highest BCUT2D eigenvalue weighted by molar-refractivity contribution is 5.72. The second kappa shape index (κ2) is 11.5. The summed E-state index contributed by atoms with van der Waals surface area (Å²) >= 11 is 0. The van der Waals surface area contributed by atoms with Crippen LogP contribution in [0.25, 0.3) is 34.2 Å². The van der Waals surface area contributed by atoms with Crippen LogP contribution in [-0.2, 0) is 4.84 Å². The molecule has 8 nitrogen and oxygen atoms in total. The molecule has 3 aromatic carbocycles. The molecule has 1 heterocycles. The molecule has 0 bridgehead atoms. The summed E-state index contributed by atoms with van der Waals surface area (Å²) in [6, 6.07) is 17.2. The van der Waals surface area contributed by atoms with Crippen molar-refractivity contribution in [3.8, 4) is 45.7 Å². The first-order valence-corrected chi connectivity index (χ1v) is 12.1. The fourth-order valence-electron chi connectivity index (χ4n) is 4.08. The highest BCUT2D eigenvalue weighted by Gasteiger charge is 2.17. The van der Waals surface area contributed by atoms with Crippen LogP contribution < -0.4 is 10.2 Å². The maximum absolute atomic E-state index is 10.9. The van der Waals surface area contributed by atoms with E-state index in [1.54, 1.807) is 19.2 Å². The summed E-state index contributed by atoms with van der Waals surface area (Å²) in [5.74, 6) is 1.78. The van der Waals surface area contributed by atoms with E-state index in [1.165, 1.54) is 6.07 Å². The third kappa shape index (κ3) is 6.29. The molecule has 0 saturated heterocycles. The lowest BCUT2D eigenvalue weighted by Crippen LogP contribution is -2.26. The van der Waals surface area contributed by atoms with Gasteiger partial charge in [-0.05, 0) is 51.0 Å². The van der Waals surface area contributed by atoms with E-state index in [0.29, 0.717) is 28.8 Å². The Bertz CT molecular complexity index is 1340. The first-order chi connectivity index (χ1) is 17.7. The number of aromatic nitrogens is 3. The minimum absolute atomic E-state index is 0.0138. The molecule has 0 aliphatic rings. The van der Waals surface area contributed by atoms with Crippen LogP contribution in [0, 0.1) is 27.7 Å². The highest BCUT2D eigenvalue weighted by atomic mass is 16.6. The summed E-state index contributed by atoms with van der Waals surface area (Å²) < 4.78 is 5.61. The second-order valence-corrected chi connectivity index (χ2v) is 9.10. The molecule has 0 amide bonds. The van der Waals surface area contributed by atoms with Crippen LogP contribution in [0.1, 0.15) is 22.3 Å². The van der Waals surface area contributed by atoms with E-state index in [0.717, 1.165) is 33.4 Å². The van der Waals surface area contributed by atoms with Crippen LogP contribution in [0.5, 0.6) is 11.5 Å². The summed E-state index contributed by atoms with van der Waals surface area (Å²) in [6.45, 7) is 8.24. The zero-order valence-electron chi connectivity index (χ0n) is 21.7. The fraction of sp³-hybridized carbons (Fsp3) is 0.276. The number of nitrogens with zero attached hydrogens (tertiary/aromatic N) is 3. The van der Waals surface area contributed by atoms with Crippen molar-refractivity contribution < 1.29 is 19.8 Å². The molecule has 37 heavy (non-hydrogen) atoms. The Balaban J connectivity index is 1.75. The van der Waals surface area contributed by atoms with E-state index >= 15 is 0 Å². The predicted octanol–water partition coefficient (Wildman–Crippen LogP) is 4.70. The number of aliphatic hydroxyl groups is 1. The zero-order valence-corrected chi connectivity index (χ0v) is 21.7. The minimum Gasteiger partial charge on any atom is -0.507 e. The van der Waals surface area contributed by atoms with Gasteiger partial charge in [0.2, 0.25) is 0 Å². The third-order valence-electron chi connectivity index (χ3n) is 5.95. The molecular weight excluding hydrogens is 468 g/mol. The lowest BCUT2D eigenvalue weighted by atomic mass is 10.0. The Morgan fingerprint density at radius 1 is 0.730 bits per heavy atom. The molecule has 1 aromatic heterocycles. The number of aryl methyl sites for hydroxylation is 4. The summed E-state index contributed by atoms with van der Waals surface area (Å²) in [4.78, 5) is 19.3. The number of rotatable bonds is 9. The van der Waals surface area contributed by atoms with Gasteiger partial charge in [-0.15, -0.1) is 0 Å². The number of aliphatic hydroxyl groups excluding tert-OH is 1. The Labute approximate surface area is 217 Å². The van der Waals surface area contributed by atoms with Gasteiger partial charge in [0.1, 0.15) is 24.2 Å². The van der Waals surface area contributed by atoms with E-state index in [2.05, 4.69) is 17.6 Å². The third-order valence-corrected chi connectivity index (χ3v) is 5.95. The number of hydroxylamine groups is 1. The molecule has 0 aliphatic carbocycles. The fourth-order valence-corrected chi connectivity index (χ4v) is 4.08. The minimum atomic E-state index is -0.821. The first kappa shape index (κ1) is 26.2. The van der Waals surface area contributed by atoms with Gasteiger partial charge in [0.25, 0.3) is 0 Å². The van der Waals surface area contributed by atoms with Gasteiger partial charge in [-0.2, -0.15) is 0 Å². The van der Waals surface area contributed by atoms with Gasteiger partial charge in [0.05, 0.1) is 12.2 Å². The van der Waals surface area contributed by atoms with E-state index in [9.17, 15) is 10.2 Å². The first-order valence-electron chi connectivity index (χ1n) is 12.1. The molecule has 0 fully saturated rings. The van der Waals surface area contributed by atoms with Gasteiger partial charge < -0.3 is 14.9 Å². The van der Waals surface area contributed by atoms with Crippen molar-refractivity contribution in [1.82, 2.24) is 20.4 Å². The van der Waals surface area contributed by atoms with Crippen LogP contribution in [0.2, 0.25) is 0 Å². The summed E-state index contributed by atoms with van der Waals surface area (Å²) in [7, 11) is 1.61. The molecule has 4 rings (SSSR count). The quantitative estimate of drug-likeness (QED) is 0.284. The number of aromatic hydroxyl groups is 1. The molecule has 192 valence electrons. The van der Waals surface area contributed by atoms with Gasteiger partial charge in [-0.25, -0.2) is 20.4 Å². The van der Waals surface area contributed by atoms with E-state index in [1.807, 2.05) is 52.0 Å². The van der Waals surface area contributed by atoms with E-state index in [-0.39, 0.29) is 19.0 Å². The van der Waals surface area contributed by atoms with Crippen LogP contribution in [0.4, 0.5) is 0 Å². The molecule has 4 aromatic rings. The number of hydrogen-bond donors (Lipinski definition) is 3. The summed E-state index contributed by atoms with van der Waals surface area (Å²) in [5.41, 5.74) is 9.17. The molecule has 0 spiro atoms. The lowest BCUT2D eigenvalue weighted by Gasteiger charge is -2.14. The van der Waals surface area contributed by atoms with Crippen molar-refractivity contribution in [2.24, 2.45) is 0 Å². The normalized spacial score (nSPS) is 11.9. The van der Waals surface area contributed by atoms with E-state index in [4.69, 9.17) is 24.5 Å². The molecule has 0 radical (unpaired) electrons. The predicted molar refractivity (Wildman–Crippen MR) is 143 cm³/mol. The average Bonchev–Trinajstić information content (AvgIpc) is 2.86. The molecule has 0 aliphatic heterocycles. The second-order valence-electron chi connectivity index (χ2n) is 9.10. The Hall–Kier alpha value is -3.85. The highest BCUT2D eigenvalue weighted by Crippen LogP contribution is 2.34. The van der Waals surface area contributed by atoms with E-state index < -0.39 is 6.10 Å². The van der Waals surface area contributed by atoms with Crippen molar-refractivity contribution in [3.63, 3.8) is 0 Å². The molecule has 1 atom stereocenters. The number of phenols is 1. The van der Waals surface area contributed by atoms with Crippen LogP contribution in [0.3, 0.4) is 0 Å². The summed E-state index contributed by atoms with van der Waals surface area (Å²) in [6.07, 6.45) is -0.821. The van der Waals surface area contributed by atoms with Crippen molar-refractivity contribution >= 4 is 0 Å². The van der Waals surface area contributed by atoms with Crippen LogP contribution >= 0.6 is 0 Å².